The molecular formula is C44H53N5O9+2. The molecule has 0 unspecified atom stereocenters. The van der Waals surface area contributed by atoms with Crippen molar-refractivity contribution < 1.29 is 51.9 Å². The summed E-state index contributed by atoms with van der Waals surface area (Å²) in [6.07, 6.45) is 4.81. The SMILES string of the molecule is COC(=O)C(=O)c1c[nH][n+]2c(C)c(C)c(C)c(C)c12.COC(=O)C(=O)c1c[nH]c2c(C)c(C)c(C)c(C)[n+]12.COC(=O)C(=O)c1cn(C)c2c(C)c(C)c(C)c(C)c12. The zero-order chi connectivity index (χ0) is 43.8. The Morgan fingerprint density at radius 1 is 0.534 bits per heavy atom. The average molecular weight is 796 g/mol. The van der Waals surface area contributed by atoms with Crippen molar-refractivity contribution in [1.29, 1.82) is 0 Å². The summed E-state index contributed by atoms with van der Waals surface area (Å²) in [5.41, 5.74) is 16.7. The molecule has 0 aliphatic carbocycles. The molecule has 0 amide bonds. The number of rotatable bonds is 6. The monoisotopic (exact) mass is 795 g/mol. The second kappa shape index (κ2) is 17.0. The summed E-state index contributed by atoms with van der Waals surface area (Å²) in [6, 6.07) is 0. The highest BCUT2D eigenvalue weighted by atomic mass is 16.5. The van der Waals surface area contributed by atoms with Crippen molar-refractivity contribution in [1.82, 2.24) is 14.6 Å². The van der Waals surface area contributed by atoms with Crippen LogP contribution in [-0.2, 0) is 35.6 Å². The number of hydrogen-bond donors (Lipinski definition) is 2. The fraction of sp³-hybridized carbons (Fsp3) is 0.364. The van der Waals surface area contributed by atoms with Crippen LogP contribution in [0.4, 0.5) is 0 Å². The molecule has 1 aromatic carbocycles. The van der Waals surface area contributed by atoms with Gasteiger partial charge < -0.3 is 18.8 Å². The Morgan fingerprint density at radius 2 is 1.00 bits per heavy atom. The van der Waals surface area contributed by atoms with Crippen LogP contribution in [0.15, 0.2) is 18.6 Å². The highest BCUT2D eigenvalue weighted by Gasteiger charge is 2.31. The van der Waals surface area contributed by atoms with E-state index in [0.29, 0.717) is 16.8 Å². The van der Waals surface area contributed by atoms with Gasteiger partial charge in [0.2, 0.25) is 11.4 Å². The first-order valence-electron chi connectivity index (χ1n) is 18.5. The van der Waals surface area contributed by atoms with Gasteiger partial charge in [0.25, 0.3) is 22.7 Å². The van der Waals surface area contributed by atoms with Crippen LogP contribution in [0.1, 0.15) is 98.2 Å². The van der Waals surface area contributed by atoms with Crippen molar-refractivity contribution in [2.24, 2.45) is 7.05 Å². The van der Waals surface area contributed by atoms with E-state index >= 15 is 0 Å². The number of ketones is 3. The fourth-order valence-electron chi connectivity index (χ4n) is 7.32. The standard InChI is InChI=1S/C16H19NO3.2C14H16N2O3/c1-8-9(2)11(4)14-13(10(8)3)12(7-17(14)5)15(18)16(19)20-6;1-7-8(2)10(4)16-11(12(17)14(18)19-5)6-15-13(16)9(7)3;1-7-8(2)10(4)16-12(9(7)3)11(6-15-16)13(17)14(18)19-5/h7H,1-6H3;2*6H,1-5H3/p+2. The van der Waals surface area contributed by atoms with E-state index in [4.69, 9.17) is 0 Å². The number of hydrogen-bond acceptors (Lipinski definition) is 9. The minimum atomic E-state index is -0.858. The molecule has 0 aliphatic rings. The average Bonchev–Trinajstić information content (AvgIpc) is 3.96. The molecule has 0 saturated carbocycles. The van der Waals surface area contributed by atoms with Crippen LogP contribution >= 0.6 is 0 Å². The lowest BCUT2D eigenvalue weighted by Crippen LogP contribution is -2.35. The van der Waals surface area contributed by atoms with Crippen LogP contribution in [0.5, 0.6) is 0 Å². The van der Waals surface area contributed by atoms with E-state index in [1.807, 2.05) is 92.3 Å². The molecule has 58 heavy (non-hydrogen) atoms. The summed E-state index contributed by atoms with van der Waals surface area (Å²) in [5.74, 6) is -4.41. The summed E-state index contributed by atoms with van der Waals surface area (Å²) in [4.78, 5) is 73.6. The molecule has 5 heterocycles. The first-order valence-corrected chi connectivity index (χ1v) is 18.5. The lowest BCUT2D eigenvalue weighted by Gasteiger charge is -2.13. The Kier molecular flexibility index (Phi) is 13.0. The van der Waals surface area contributed by atoms with E-state index in [9.17, 15) is 28.8 Å². The number of H-pyrrole nitrogens is 2. The van der Waals surface area contributed by atoms with Crippen LogP contribution in [-0.4, -0.2) is 71.2 Å². The maximum Gasteiger partial charge on any atom is 0.383 e. The van der Waals surface area contributed by atoms with Crippen molar-refractivity contribution in [3.8, 4) is 0 Å². The molecule has 6 aromatic rings. The van der Waals surface area contributed by atoms with E-state index < -0.39 is 35.3 Å². The number of carbonyl (C=O) groups is 6. The molecule has 0 atom stereocenters. The third-order valence-corrected chi connectivity index (χ3v) is 11.8. The van der Waals surface area contributed by atoms with Gasteiger partial charge in [-0.2, -0.15) is 9.50 Å². The minimum Gasteiger partial charge on any atom is -0.463 e. The number of ether oxygens (including phenoxy) is 3. The lowest BCUT2D eigenvalue weighted by molar-refractivity contribution is -0.584. The molecule has 0 saturated heterocycles. The molecule has 6 rings (SSSR count). The molecular weight excluding hydrogens is 743 g/mol. The summed E-state index contributed by atoms with van der Waals surface area (Å²) in [6.45, 7) is 24.1. The van der Waals surface area contributed by atoms with Gasteiger partial charge in [0.05, 0.1) is 38.6 Å². The number of aromatic nitrogens is 5. The van der Waals surface area contributed by atoms with Crippen molar-refractivity contribution in [2.75, 3.05) is 21.3 Å². The van der Waals surface area contributed by atoms with Crippen molar-refractivity contribution in [3.05, 3.63) is 102 Å². The van der Waals surface area contributed by atoms with Crippen molar-refractivity contribution in [3.63, 3.8) is 0 Å². The van der Waals surface area contributed by atoms with E-state index in [2.05, 4.69) is 31.2 Å². The number of benzene rings is 1. The van der Waals surface area contributed by atoms with E-state index in [-0.39, 0.29) is 0 Å². The molecule has 0 radical (unpaired) electrons. The van der Waals surface area contributed by atoms with Crippen LogP contribution < -0.4 is 8.92 Å². The quantitative estimate of drug-likeness (QED) is 0.0730. The van der Waals surface area contributed by atoms with E-state index in [1.165, 1.54) is 32.5 Å². The normalized spacial score (nSPS) is 10.8. The zero-order valence-electron chi connectivity index (χ0n) is 36.2. The van der Waals surface area contributed by atoms with Crippen LogP contribution in [0.2, 0.25) is 0 Å². The number of nitrogens with zero attached hydrogens (tertiary/aromatic N) is 3. The Balaban J connectivity index is 0.000000193. The molecule has 5 aromatic heterocycles. The smallest absolute Gasteiger partial charge is 0.383 e. The van der Waals surface area contributed by atoms with Gasteiger partial charge in [0.1, 0.15) is 17.5 Å². The van der Waals surface area contributed by atoms with Crippen LogP contribution in [0.3, 0.4) is 0 Å². The Morgan fingerprint density at radius 3 is 1.55 bits per heavy atom. The van der Waals surface area contributed by atoms with Gasteiger partial charge in [0, 0.05) is 42.2 Å². The number of imidazole rings is 1. The van der Waals surface area contributed by atoms with E-state index in [1.54, 1.807) is 23.0 Å². The van der Waals surface area contributed by atoms with Gasteiger partial charge in [0.15, 0.2) is 0 Å². The van der Waals surface area contributed by atoms with Gasteiger partial charge in [-0.3, -0.25) is 14.4 Å². The number of aromatic amines is 2. The van der Waals surface area contributed by atoms with Crippen molar-refractivity contribution in [2.45, 2.75) is 83.1 Å². The molecule has 0 fully saturated rings. The molecule has 0 bridgehead atoms. The summed E-state index contributed by atoms with van der Waals surface area (Å²) in [7, 11) is 5.51. The van der Waals surface area contributed by atoms with Crippen molar-refractivity contribution >= 4 is 57.3 Å². The number of aryl methyl sites for hydroxylation is 7. The second-order valence-corrected chi connectivity index (χ2v) is 14.5. The highest BCUT2D eigenvalue weighted by molar-refractivity contribution is 6.43. The zero-order valence-corrected chi connectivity index (χ0v) is 36.2. The number of nitrogens with one attached hydrogen (secondary N) is 2. The topological polar surface area (TPSA) is 175 Å². The van der Waals surface area contributed by atoms with Gasteiger partial charge >= 0.3 is 23.7 Å². The Bertz CT molecular complexity index is 2600. The summed E-state index contributed by atoms with van der Waals surface area (Å²) < 4.78 is 19.0. The highest BCUT2D eigenvalue weighted by Crippen LogP contribution is 2.33. The number of fused-ring (bicyclic) bond motifs is 3. The first kappa shape index (κ1) is 44.3. The largest absolute Gasteiger partial charge is 0.463 e. The number of carbonyl (C=O) groups excluding carboxylic acids is 6. The fourth-order valence-corrected chi connectivity index (χ4v) is 7.32. The first-order chi connectivity index (χ1) is 27.1. The predicted molar refractivity (Wildman–Crippen MR) is 217 cm³/mol. The van der Waals surface area contributed by atoms with Gasteiger partial charge in [-0.05, 0) is 115 Å². The number of methoxy groups -OCH3 is 3. The maximum atomic E-state index is 12.2. The summed E-state index contributed by atoms with van der Waals surface area (Å²) >= 11 is 0. The summed E-state index contributed by atoms with van der Waals surface area (Å²) in [5, 5.41) is 3.86. The van der Waals surface area contributed by atoms with E-state index in [0.717, 1.165) is 78.0 Å². The number of pyridine rings is 2. The molecule has 2 N–H and O–H groups in total. The molecule has 14 heteroatoms. The third-order valence-electron chi connectivity index (χ3n) is 11.8. The van der Waals surface area contributed by atoms with Crippen LogP contribution in [0.25, 0.3) is 22.1 Å². The predicted octanol–water partition coefficient (Wildman–Crippen LogP) is 5.45. The molecule has 14 nitrogen and oxygen atoms in total. The van der Waals surface area contributed by atoms with Gasteiger partial charge in [-0.25, -0.2) is 19.4 Å². The van der Waals surface area contributed by atoms with Gasteiger partial charge in [-0.1, -0.05) is 4.52 Å². The Labute approximate surface area is 337 Å². The number of Topliss-reactive ketones (excluding diaryl/α,β-unsaturated/α-hetero) is 3. The third kappa shape index (κ3) is 7.41. The molecule has 306 valence electrons. The maximum absolute atomic E-state index is 12.2. The minimum absolute atomic E-state index is 0.297. The lowest BCUT2D eigenvalue weighted by atomic mass is 9.93. The second-order valence-electron chi connectivity index (χ2n) is 14.5. The van der Waals surface area contributed by atoms with Crippen LogP contribution in [0, 0.1) is 83.1 Å². The Hall–Kier alpha value is -6.44. The molecule has 0 aliphatic heterocycles. The number of esters is 3. The molecule has 0 spiro atoms. The van der Waals surface area contributed by atoms with Gasteiger partial charge in [-0.15, -0.1) is 0 Å².